The van der Waals surface area contributed by atoms with E-state index < -0.39 is 0 Å². The van der Waals surface area contributed by atoms with E-state index in [2.05, 4.69) is 51.4 Å². The topological polar surface area (TPSA) is 39.9 Å². The first-order chi connectivity index (χ1) is 10.2. The van der Waals surface area contributed by atoms with E-state index in [1.807, 2.05) is 16.9 Å². The lowest BCUT2D eigenvalue weighted by Crippen LogP contribution is -2.24. The Morgan fingerprint density at radius 3 is 3.10 bits per heavy atom. The second-order valence-electron chi connectivity index (χ2n) is 5.63. The highest BCUT2D eigenvalue weighted by molar-refractivity contribution is 9.10. The molecule has 1 saturated heterocycles. The van der Waals surface area contributed by atoms with Crippen molar-refractivity contribution in [1.29, 1.82) is 0 Å². The molecule has 4 nitrogen and oxygen atoms in total. The summed E-state index contributed by atoms with van der Waals surface area (Å²) < 4.78 is 8.77. The van der Waals surface area contributed by atoms with Crippen LogP contribution in [0, 0.1) is 0 Å². The van der Waals surface area contributed by atoms with Crippen LogP contribution in [0.25, 0.3) is 0 Å². The quantitative estimate of drug-likeness (QED) is 0.843. The summed E-state index contributed by atoms with van der Waals surface area (Å²) in [6, 6.07) is 8.34. The van der Waals surface area contributed by atoms with Gasteiger partial charge >= 0.3 is 0 Å². The molecule has 2 atom stereocenters. The highest BCUT2D eigenvalue weighted by atomic mass is 79.9. The summed E-state index contributed by atoms with van der Waals surface area (Å²) in [6.45, 7) is 3.84. The van der Waals surface area contributed by atoms with Crippen molar-refractivity contribution in [3.05, 3.63) is 46.2 Å². The summed E-state index contributed by atoms with van der Waals surface area (Å²) in [5.41, 5.74) is 2.24. The zero-order chi connectivity index (χ0) is 14.7. The second-order valence-corrected chi connectivity index (χ2v) is 6.55. The van der Waals surface area contributed by atoms with Gasteiger partial charge in [0, 0.05) is 23.2 Å². The highest BCUT2D eigenvalue weighted by Crippen LogP contribution is 2.25. The van der Waals surface area contributed by atoms with Crippen molar-refractivity contribution in [3.8, 4) is 0 Å². The van der Waals surface area contributed by atoms with Gasteiger partial charge in [-0.25, -0.2) is 4.68 Å². The molecule has 1 aliphatic heterocycles. The van der Waals surface area contributed by atoms with Crippen LogP contribution in [-0.2, 0) is 11.3 Å². The Hall–Kier alpha value is -1.20. The summed E-state index contributed by atoms with van der Waals surface area (Å²) in [5, 5.41) is 8.58. The molecule has 0 amide bonds. The molecule has 5 heteroatoms. The lowest BCUT2D eigenvalue weighted by molar-refractivity contribution is 0.00369. The van der Waals surface area contributed by atoms with Crippen LogP contribution < -0.4 is 0 Å². The minimum atomic E-state index is 0.239. The van der Waals surface area contributed by atoms with Crippen LogP contribution in [0.15, 0.2) is 34.9 Å². The molecule has 112 valence electrons. The number of aromatic nitrogens is 3. The Kier molecular flexibility index (Phi) is 4.70. The number of hydrogen-bond acceptors (Lipinski definition) is 3. The summed E-state index contributed by atoms with van der Waals surface area (Å²) in [4.78, 5) is 0. The fraction of sp³-hybridized carbons (Fsp3) is 0.500. The fourth-order valence-corrected chi connectivity index (χ4v) is 3.12. The first kappa shape index (κ1) is 14.7. The van der Waals surface area contributed by atoms with Gasteiger partial charge in [0.25, 0.3) is 0 Å². The molecule has 0 aliphatic carbocycles. The number of rotatable bonds is 4. The zero-order valence-corrected chi connectivity index (χ0v) is 13.8. The first-order valence-electron chi connectivity index (χ1n) is 7.49. The maximum atomic E-state index is 5.76. The number of nitrogens with zero attached hydrogens (tertiary/aromatic N) is 3. The third-order valence-electron chi connectivity index (χ3n) is 4.01. The van der Waals surface area contributed by atoms with Crippen molar-refractivity contribution in [1.82, 2.24) is 15.0 Å². The van der Waals surface area contributed by atoms with E-state index in [0.29, 0.717) is 0 Å². The van der Waals surface area contributed by atoms with Gasteiger partial charge in [0.1, 0.15) is 0 Å². The van der Waals surface area contributed by atoms with Crippen LogP contribution in [0.2, 0.25) is 0 Å². The van der Waals surface area contributed by atoms with Gasteiger partial charge in [-0.05, 0) is 37.0 Å². The van der Waals surface area contributed by atoms with Crippen molar-refractivity contribution >= 4 is 15.9 Å². The molecule has 1 aromatic heterocycles. The van der Waals surface area contributed by atoms with Crippen molar-refractivity contribution in [2.45, 2.75) is 44.8 Å². The van der Waals surface area contributed by atoms with Crippen LogP contribution in [0.1, 0.15) is 43.4 Å². The monoisotopic (exact) mass is 349 g/mol. The van der Waals surface area contributed by atoms with Gasteiger partial charge in [-0.3, -0.25) is 0 Å². The molecule has 0 saturated carbocycles. The smallest absolute Gasteiger partial charge is 0.0898 e. The van der Waals surface area contributed by atoms with Gasteiger partial charge in [0.15, 0.2) is 0 Å². The predicted octanol–water partition coefficient (Wildman–Crippen LogP) is 3.76. The molecule has 2 aromatic rings. The van der Waals surface area contributed by atoms with Crippen LogP contribution in [0.3, 0.4) is 0 Å². The minimum absolute atomic E-state index is 0.239. The first-order valence-corrected chi connectivity index (χ1v) is 8.29. The van der Waals surface area contributed by atoms with Gasteiger partial charge in [-0.15, -0.1) is 5.10 Å². The molecular formula is C16H20BrN3O. The molecule has 1 fully saturated rings. The van der Waals surface area contributed by atoms with E-state index in [1.165, 1.54) is 18.4 Å². The maximum Gasteiger partial charge on any atom is 0.0898 e. The van der Waals surface area contributed by atoms with Crippen molar-refractivity contribution in [3.63, 3.8) is 0 Å². The van der Waals surface area contributed by atoms with Crippen molar-refractivity contribution in [2.24, 2.45) is 0 Å². The van der Waals surface area contributed by atoms with Crippen molar-refractivity contribution < 1.29 is 4.74 Å². The normalized spacial score (nSPS) is 20.4. The summed E-state index contributed by atoms with van der Waals surface area (Å²) in [7, 11) is 0. The maximum absolute atomic E-state index is 5.76. The van der Waals surface area contributed by atoms with Gasteiger partial charge in [-0.2, -0.15) is 0 Å². The average Bonchev–Trinajstić information content (AvgIpc) is 2.96. The molecule has 0 bridgehead atoms. The largest absolute Gasteiger partial charge is 0.376 e. The zero-order valence-electron chi connectivity index (χ0n) is 12.2. The number of benzene rings is 1. The Bertz CT molecular complexity index is 593. The van der Waals surface area contributed by atoms with Gasteiger partial charge in [0.2, 0.25) is 0 Å². The fourth-order valence-electron chi connectivity index (χ4n) is 2.71. The standard InChI is InChI=1S/C16H20BrN3O/c1-12(13-5-4-6-14(17)9-13)16-11-20(19-18-16)10-15-7-2-3-8-21-15/h4-6,9,11-12,15H,2-3,7-8,10H2,1H3. The molecule has 2 unspecified atom stereocenters. The van der Waals surface area contributed by atoms with E-state index in [1.54, 1.807) is 0 Å². The number of ether oxygens (including phenoxy) is 1. The lowest BCUT2D eigenvalue weighted by Gasteiger charge is -2.21. The highest BCUT2D eigenvalue weighted by Gasteiger charge is 2.17. The van der Waals surface area contributed by atoms with Crippen molar-refractivity contribution in [2.75, 3.05) is 6.61 Å². The molecule has 0 radical (unpaired) electrons. The Balaban J connectivity index is 1.69. The molecule has 1 aliphatic rings. The minimum Gasteiger partial charge on any atom is -0.376 e. The van der Waals surface area contributed by atoms with Crippen LogP contribution in [-0.4, -0.2) is 27.7 Å². The summed E-state index contributed by atoms with van der Waals surface area (Å²) in [5.74, 6) is 0.239. The Morgan fingerprint density at radius 1 is 1.43 bits per heavy atom. The second kappa shape index (κ2) is 6.71. The van der Waals surface area contributed by atoms with Crippen LogP contribution >= 0.6 is 15.9 Å². The van der Waals surface area contributed by atoms with Gasteiger partial charge < -0.3 is 4.74 Å². The molecule has 21 heavy (non-hydrogen) atoms. The molecule has 1 aromatic carbocycles. The van der Waals surface area contributed by atoms with Gasteiger partial charge in [-0.1, -0.05) is 40.2 Å². The third-order valence-corrected chi connectivity index (χ3v) is 4.51. The van der Waals surface area contributed by atoms with Crippen LogP contribution in [0.5, 0.6) is 0 Å². The Morgan fingerprint density at radius 2 is 2.33 bits per heavy atom. The van der Waals surface area contributed by atoms with Gasteiger partial charge in [0.05, 0.1) is 18.3 Å². The van der Waals surface area contributed by atoms with E-state index in [0.717, 1.165) is 29.7 Å². The van der Waals surface area contributed by atoms with E-state index in [4.69, 9.17) is 4.74 Å². The molecule has 2 heterocycles. The summed E-state index contributed by atoms with van der Waals surface area (Å²) in [6.07, 6.45) is 5.88. The van der Waals surface area contributed by atoms with E-state index in [9.17, 15) is 0 Å². The van der Waals surface area contributed by atoms with E-state index >= 15 is 0 Å². The Labute approximate surface area is 133 Å². The SMILES string of the molecule is CC(c1cccc(Br)c1)c1cn(CC2CCCCO2)nn1. The predicted molar refractivity (Wildman–Crippen MR) is 85.3 cm³/mol. The molecule has 0 N–H and O–H groups in total. The average molecular weight is 350 g/mol. The van der Waals surface area contributed by atoms with Crippen LogP contribution in [0.4, 0.5) is 0 Å². The molecular weight excluding hydrogens is 330 g/mol. The number of halogens is 1. The van der Waals surface area contributed by atoms with E-state index in [-0.39, 0.29) is 12.0 Å². The molecule has 3 rings (SSSR count). The summed E-state index contributed by atoms with van der Waals surface area (Å²) >= 11 is 3.52. The number of hydrogen-bond donors (Lipinski definition) is 0. The lowest BCUT2D eigenvalue weighted by atomic mass is 9.99. The third kappa shape index (κ3) is 3.71. The molecule has 0 spiro atoms.